The number of ether oxygens (including phenoxy) is 1. The highest BCUT2D eigenvalue weighted by Gasteiger charge is 2.19. The maximum atomic E-state index is 12.8. The summed E-state index contributed by atoms with van der Waals surface area (Å²) in [6.45, 7) is 11.5. The first kappa shape index (κ1) is 19.9. The van der Waals surface area contributed by atoms with Gasteiger partial charge < -0.3 is 4.74 Å². The molecule has 0 spiro atoms. The molecule has 3 aromatic rings. The van der Waals surface area contributed by atoms with Crippen molar-refractivity contribution in [1.29, 1.82) is 0 Å². The van der Waals surface area contributed by atoms with Crippen LogP contribution in [0.1, 0.15) is 26.3 Å². The van der Waals surface area contributed by atoms with Crippen LogP contribution in [0, 0.1) is 5.41 Å². The minimum Gasteiger partial charge on any atom is -0.379 e. The highest BCUT2D eigenvalue weighted by Crippen LogP contribution is 2.24. The van der Waals surface area contributed by atoms with Gasteiger partial charge in [0.05, 0.1) is 24.4 Å². The van der Waals surface area contributed by atoms with Crippen LogP contribution in [-0.2, 0) is 24.9 Å². The van der Waals surface area contributed by atoms with Gasteiger partial charge >= 0.3 is 5.69 Å². The third kappa shape index (κ3) is 4.28. The number of rotatable bonds is 4. The second-order valence-corrected chi connectivity index (χ2v) is 9.12. The molecule has 3 heterocycles. The van der Waals surface area contributed by atoms with Crippen LogP contribution in [0.15, 0.2) is 41.2 Å². The smallest absolute Gasteiger partial charge is 0.330 e. The van der Waals surface area contributed by atoms with Gasteiger partial charge in [-0.05, 0) is 29.2 Å². The van der Waals surface area contributed by atoms with E-state index in [1.807, 2.05) is 16.7 Å². The number of benzene rings is 1. The Kier molecular flexibility index (Phi) is 5.32. The summed E-state index contributed by atoms with van der Waals surface area (Å²) in [5, 5.41) is 0. The molecular weight excluding hydrogens is 364 g/mol. The van der Waals surface area contributed by atoms with E-state index in [1.54, 1.807) is 11.6 Å². The van der Waals surface area contributed by atoms with E-state index in [1.165, 1.54) is 5.56 Å². The van der Waals surface area contributed by atoms with Crippen molar-refractivity contribution in [2.75, 3.05) is 26.3 Å². The molecule has 6 nitrogen and oxygen atoms in total. The Morgan fingerprint density at radius 1 is 1.10 bits per heavy atom. The molecule has 1 aromatic carbocycles. The summed E-state index contributed by atoms with van der Waals surface area (Å²) in [6, 6.07) is 12.6. The Balaban J connectivity index is 1.67. The van der Waals surface area contributed by atoms with E-state index in [0.29, 0.717) is 6.54 Å². The second-order valence-electron chi connectivity index (χ2n) is 9.12. The summed E-state index contributed by atoms with van der Waals surface area (Å²) >= 11 is 0. The molecule has 154 valence electrons. The van der Waals surface area contributed by atoms with Gasteiger partial charge in [-0.25, -0.2) is 9.78 Å². The number of aromatic nitrogens is 3. The zero-order chi connectivity index (χ0) is 20.6. The van der Waals surface area contributed by atoms with Crippen LogP contribution >= 0.6 is 0 Å². The first-order valence-corrected chi connectivity index (χ1v) is 10.3. The van der Waals surface area contributed by atoms with Gasteiger partial charge in [0.1, 0.15) is 0 Å². The fraction of sp³-hybridized carbons (Fsp3) is 0.478. The molecule has 2 aromatic heterocycles. The SMILES string of the molecule is Cn1c(=O)n(CC(C)(C)C)c2ccc(-c3cccc(CN4CCOCC4)c3)nc21. The molecule has 0 amide bonds. The van der Waals surface area contributed by atoms with Crippen LogP contribution < -0.4 is 5.69 Å². The average Bonchev–Trinajstić information content (AvgIpc) is 2.92. The van der Waals surface area contributed by atoms with Crippen molar-refractivity contribution in [3.63, 3.8) is 0 Å². The molecule has 0 atom stereocenters. The summed E-state index contributed by atoms with van der Waals surface area (Å²) in [7, 11) is 1.80. The Morgan fingerprint density at radius 2 is 1.86 bits per heavy atom. The lowest BCUT2D eigenvalue weighted by Crippen LogP contribution is -2.35. The van der Waals surface area contributed by atoms with E-state index in [2.05, 4.69) is 49.9 Å². The Labute approximate surface area is 171 Å². The van der Waals surface area contributed by atoms with Crippen LogP contribution in [0.5, 0.6) is 0 Å². The molecule has 0 radical (unpaired) electrons. The molecule has 6 heteroatoms. The summed E-state index contributed by atoms with van der Waals surface area (Å²) in [6.07, 6.45) is 0. The molecule has 0 saturated carbocycles. The van der Waals surface area contributed by atoms with E-state index in [4.69, 9.17) is 9.72 Å². The lowest BCUT2D eigenvalue weighted by atomic mass is 9.97. The minimum atomic E-state index is -0.0133. The van der Waals surface area contributed by atoms with Crippen LogP contribution in [0.2, 0.25) is 0 Å². The summed E-state index contributed by atoms with van der Waals surface area (Å²) in [5.74, 6) is 0. The molecule has 0 N–H and O–H groups in total. The van der Waals surface area contributed by atoms with Crippen LogP contribution in [0.25, 0.3) is 22.4 Å². The molecule has 1 fully saturated rings. The van der Waals surface area contributed by atoms with Crippen molar-refractivity contribution in [3.05, 3.63) is 52.4 Å². The number of aryl methyl sites for hydroxylation is 1. The van der Waals surface area contributed by atoms with E-state index < -0.39 is 0 Å². The minimum absolute atomic E-state index is 0.0133. The summed E-state index contributed by atoms with van der Waals surface area (Å²) in [5.41, 5.74) is 4.87. The van der Waals surface area contributed by atoms with Crippen molar-refractivity contribution >= 4 is 11.2 Å². The normalized spacial score (nSPS) is 15.9. The van der Waals surface area contributed by atoms with Crippen LogP contribution in [0.3, 0.4) is 0 Å². The number of fused-ring (bicyclic) bond motifs is 1. The second kappa shape index (κ2) is 7.76. The van der Waals surface area contributed by atoms with Crippen LogP contribution in [-0.4, -0.2) is 45.3 Å². The summed E-state index contributed by atoms with van der Waals surface area (Å²) < 4.78 is 8.93. The third-order valence-electron chi connectivity index (χ3n) is 5.35. The first-order chi connectivity index (χ1) is 13.8. The van der Waals surface area contributed by atoms with Crippen molar-refractivity contribution in [2.45, 2.75) is 33.9 Å². The fourth-order valence-corrected chi connectivity index (χ4v) is 3.91. The van der Waals surface area contributed by atoms with E-state index >= 15 is 0 Å². The molecule has 29 heavy (non-hydrogen) atoms. The van der Waals surface area contributed by atoms with Crippen molar-refractivity contribution in [1.82, 2.24) is 19.0 Å². The predicted molar refractivity (Wildman–Crippen MR) is 116 cm³/mol. The van der Waals surface area contributed by atoms with Gasteiger partial charge in [0.2, 0.25) is 0 Å². The quantitative estimate of drug-likeness (QED) is 0.681. The van der Waals surface area contributed by atoms with Gasteiger partial charge in [-0.1, -0.05) is 39.0 Å². The number of nitrogens with zero attached hydrogens (tertiary/aromatic N) is 4. The lowest BCUT2D eigenvalue weighted by molar-refractivity contribution is 0.0342. The van der Waals surface area contributed by atoms with Crippen molar-refractivity contribution < 1.29 is 4.74 Å². The number of hydrogen-bond donors (Lipinski definition) is 0. The van der Waals surface area contributed by atoms with Gasteiger partial charge in [-0.3, -0.25) is 14.0 Å². The van der Waals surface area contributed by atoms with Gasteiger partial charge in [0, 0.05) is 38.8 Å². The van der Waals surface area contributed by atoms with Gasteiger partial charge in [0.15, 0.2) is 5.65 Å². The number of morpholine rings is 1. The standard InChI is InChI=1S/C23H30N4O2/c1-23(2,3)16-27-20-9-8-19(24-21(20)25(4)22(27)28)18-7-5-6-17(14-18)15-26-10-12-29-13-11-26/h5-9,14H,10-13,15-16H2,1-4H3. The lowest BCUT2D eigenvalue weighted by Gasteiger charge is -2.26. The maximum absolute atomic E-state index is 12.8. The predicted octanol–water partition coefficient (Wildman–Crippen LogP) is 3.28. The number of imidazole rings is 1. The molecule has 0 unspecified atom stereocenters. The highest BCUT2D eigenvalue weighted by atomic mass is 16.5. The Bertz CT molecular complexity index is 1070. The molecule has 1 aliphatic rings. The topological polar surface area (TPSA) is 52.3 Å². The number of pyridine rings is 1. The zero-order valence-corrected chi connectivity index (χ0v) is 17.8. The number of hydrogen-bond acceptors (Lipinski definition) is 4. The van der Waals surface area contributed by atoms with Crippen molar-refractivity contribution in [2.24, 2.45) is 12.5 Å². The molecule has 1 saturated heterocycles. The summed E-state index contributed by atoms with van der Waals surface area (Å²) in [4.78, 5) is 20.0. The first-order valence-electron chi connectivity index (χ1n) is 10.3. The largest absolute Gasteiger partial charge is 0.379 e. The Hall–Kier alpha value is -2.44. The molecular formula is C23H30N4O2. The molecule has 0 aliphatic carbocycles. The highest BCUT2D eigenvalue weighted by molar-refractivity contribution is 5.76. The molecule has 0 bridgehead atoms. The van der Waals surface area contributed by atoms with Crippen molar-refractivity contribution in [3.8, 4) is 11.3 Å². The van der Waals surface area contributed by atoms with Gasteiger partial charge in [0.25, 0.3) is 0 Å². The monoisotopic (exact) mass is 394 g/mol. The van der Waals surface area contributed by atoms with E-state index in [9.17, 15) is 4.79 Å². The fourth-order valence-electron chi connectivity index (χ4n) is 3.91. The van der Waals surface area contributed by atoms with Crippen LogP contribution in [0.4, 0.5) is 0 Å². The maximum Gasteiger partial charge on any atom is 0.330 e. The zero-order valence-electron chi connectivity index (χ0n) is 17.8. The average molecular weight is 395 g/mol. The molecule has 1 aliphatic heterocycles. The third-order valence-corrected chi connectivity index (χ3v) is 5.35. The van der Waals surface area contributed by atoms with Gasteiger partial charge in [-0.15, -0.1) is 0 Å². The van der Waals surface area contributed by atoms with E-state index in [0.717, 1.165) is 55.3 Å². The van der Waals surface area contributed by atoms with Gasteiger partial charge in [-0.2, -0.15) is 0 Å². The molecule has 4 rings (SSSR count). The van der Waals surface area contributed by atoms with E-state index in [-0.39, 0.29) is 11.1 Å². The Morgan fingerprint density at radius 3 is 2.59 bits per heavy atom.